The molecule has 0 radical (unpaired) electrons. The topological polar surface area (TPSA) is 103 Å². The smallest absolute Gasteiger partial charge is 0.341 e. The Balaban J connectivity index is 1.76. The van der Waals surface area contributed by atoms with Crippen LogP contribution >= 0.6 is 11.6 Å². The molecule has 1 aliphatic heterocycles. The van der Waals surface area contributed by atoms with E-state index in [4.69, 9.17) is 25.5 Å². The van der Waals surface area contributed by atoms with Crippen molar-refractivity contribution < 1.29 is 31.9 Å². The molecular weight excluding hydrogens is 446 g/mol. The number of nitrogens with zero attached hydrogens (tertiary/aromatic N) is 1. The molecule has 31 heavy (non-hydrogen) atoms. The van der Waals surface area contributed by atoms with Gasteiger partial charge in [-0.05, 0) is 49.9 Å². The zero-order valence-electron chi connectivity index (χ0n) is 17.3. The van der Waals surface area contributed by atoms with Gasteiger partial charge in [-0.3, -0.25) is 0 Å². The van der Waals surface area contributed by atoms with Gasteiger partial charge in [-0.15, -0.1) is 0 Å². The fourth-order valence-electron chi connectivity index (χ4n) is 3.39. The first-order valence-corrected chi connectivity index (χ1v) is 11.8. The Morgan fingerprint density at radius 3 is 2.71 bits per heavy atom. The largest absolute Gasteiger partial charge is 0.465 e. The molecule has 0 amide bonds. The van der Waals surface area contributed by atoms with Crippen LogP contribution in [0.15, 0.2) is 39.8 Å². The number of benzene rings is 1. The number of hydrogen-bond acceptors (Lipinski definition) is 7. The second kappa shape index (κ2) is 9.84. The third-order valence-corrected chi connectivity index (χ3v) is 7.33. The van der Waals surface area contributed by atoms with Crippen LogP contribution in [-0.2, 0) is 26.1 Å². The highest BCUT2D eigenvalue weighted by Gasteiger charge is 2.31. The first-order valence-electron chi connectivity index (χ1n) is 9.94. The van der Waals surface area contributed by atoms with Gasteiger partial charge in [-0.2, -0.15) is 4.31 Å². The quantitative estimate of drug-likeness (QED) is 0.566. The Morgan fingerprint density at radius 2 is 2.00 bits per heavy atom. The van der Waals surface area contributed by atoms with E-state index in [2.05, 4.69) is 0 Å². The molecular formula is C21H24ClNO7S. The van der Waals surface area contributed by atoms with Gasteiger partial charge in [-0.25, -0.2) is 18.0 Å². The van der Waals surface area contributed by atoms with Crippen LogP contribution < -0.4 is 0 Å². The summed E-state index contributed by atoms with van der Waals surface area (Å²) in [7, 11) is -3.85. The lowest BCUT2D eigenvalue weighted by atomic mass is 10.0. The highest BCUT2D eigenvalue weighted by molar-refractivity contribution is 7.89. The number of piperidine rings is 1. The molecule has 0 spiro atoms. The highest BCUT2D eigenvalue weighted by atomic mass is 35.5. The number of rotatable bonds is 7. The number of esters is 2. The van der Waals surface area contributed by atoms with E-state index in [1.54, 1.807) is 6.92 Å². The summed E-state index contributed by atoms with van der Waals surface area (Å²) in [6.45, 7) is 4.37. The number of hydrogen-bond donors (Lipinski definition) is 0. The van der Waals surface area contributed by atoms with Crippen molar-refractivity contribution in [3.8, 4) is 0 Å². The van der Waals surface area contributed by atoms with E-state index in [0.29, 0.717) is 13.1 Å². The van der Waals surface area contributed by atoms with Gasteiger partial charge in [0.15, 0.2) is 12.4 Å². The van der Waals surface area contributed by atoms with Gasteiger partial charge < -0.3 is 13.9 Å². The maximum absolute atomic E-state index is 13.1. The molecule has 1 atom stereocenters. The van der Waals surface area contributed by atoms with Crippen LogP contribution in [-0.4, -0.2) is 44.4 Å². The Labute approximate surface area is 186 Å². The molecule has 1 unspecified atom stereocenters. The standard InChI is InChI=1S/C21H24ClNO7S/c1-3-28-21(25)16-8-10-29-18(16)13-30-20(24)15-6-7-17(22)19(11-15)31(26,27)23-9-4-5-14(2)12-23/h6-8,10-11,14H,3-5,9,12-13H2,1-2H3. The monoisotopic (exact) mass is 469 g/mol. The molecule has 0 bridgehead atoms. The van der Waals surface area contributed by atoms with Crippen LogP contribution in [0.4, 0.5) is 0 Å². The molecule has 1 aromatic heterocycles. The van der Waals surface area contributed by atoms with Crippen LogP contribution in [0.3, 0.4) is 0 Å². The number of halogens is 1. The van der Waals surface area contributed by atoms with Crippen LogP contribution in [0.2, 0.25) is 5.02 Å². The highest BCUT2D eigenvalue weighted by Crippen LogP contribution is 2.29. The SMILES string of the molecule is CCOC(=O)c1ccoc1COC(=O)c1ccc(Cl)c(S(=O)(=O)N2CCCC(C)C2)c1. The predicted octanol–water partition coefficient (Wildman–Crippen LogP) is 3.89. The van der Waals surface area contributed by atoms with Crippen LogP contribution in [0.1, 0.15) is 53.2 Å². The van der Waals surface area contributed by atoms with E-state index in [-0.39, 0.29) is 45.9 Å². The minimum Gasteiger partial charge on any atom is -0.465 e. The van der Waals surface area contributed by atoms with Gasteiger partial charge in [0.05, 0.1) is 23.5 Å². The third-order valence-electron chi connectivity index (χ3n) is 4.98. The lowest BCUT2D eigenvalue weighted by Gasteiger charge is -2.30. The summed E-state index contributed by atoms with van der Waals surface area (Å²) in [5.74, 6) is -0.975. The number of carbonyl (C=O) groups is 2. The molecule has 8 nitrogen and oxygen atoms in total. The van der Waals surface area contributed by atoms with E-state index in [9.17, 15) is 18.0 Å². The van der Waals surface area contributed by atoms with Gasteiger partial charge >= 0.3 is 11.9 Å². The maximum Gasteiger partial charge on any atom is 0.341 e. The van der Waals surface area contributed by atoms with E-state index in [0.717, 1.165) is 12.8 Å². The molecule has 1 aliphatic rings. The molecule has 10 heteroatoms. The summed E-state index contributed by atoms with van der Waals surface area (Å²) >= 11 is 6.16. The number of carbonyl (C=O) groups excluding carboxylic acids is 2. The van der Waals surface area contributed by atoms with Crippen molar-refractivity contribution in [2.24, 2.45) is 5.92 Å². The molecule has 0 saturated carbocycles. The Bertz CT molecular complexity index is 1060. The zero-order chi connectivity index (χ0) is 22.6. The lowest BCUT2D eigenvalue weighted by Crippen LogP contribution is -2.39. The number of sulfonamides is 1. The molecule has 168 valence electrons. The number of ether oxygens (including phenoxy) is 2. The average Bonchev–Trinajstić information content (AvgIpc) is 3.21. The summed E-state index contributed by atoms with van der Waals surface area (Å²) in [5, 5.41) is 0.0328. The number of furan rings is 1. The van der Waals surface area contributed by atoms with Crippen molar-refractivity contribution >= 4 is 33.6 Å². The van der Waals surface area contributed by atoms with E-state index in [1.165, 1.54) is 34.8 Å². The van der Waals surface area contributed by atoms with Crippen molar-refractivity contribution in [1.29, 1.82) is 0 Å². The van der Waals surface area contributed by atoms with Gasteiger partial charge in [0.1, 0.15) is 10.5 Å². The van der Waals surface area contributed by atoms with Gasteiger partial charge in [0.2, 0.25) is 10.0 Å². The van der Waals surface area contributed by atoms with Gasteiger partial charge in [0.25, 0.3) is 0 Å². The van der Waals surface area contributed by atoms with Crippen molar-refractivity contribution in [2.45, 2.75) is 38.2 Å². The molecule has 2 aromatic rings. The average molecular weight is 470 g/mol. The van der Waals surface area contributed by atoms with Crippen LogP contribution in [0, 0.1) is 5.92 Å². The van der Waals surface area contributed by atoms with Crippen LogP contribution in [0.25, 0.3) is 0 Å². The summed E-state index contributed by atoms with van der Waals surface area (Å²) in [6.07, 6.45) is 3.03. The summed E-state index contributed by atoms with van der Waals surface area (Å²) < 4.78 is 42.9. The Kier molecular flexibility index (Phi) is 7.40. The zero-order valence-corrected chi connectivity index (χ0v) is 18.9. The minimum atomic E-state index is -3.85. The second-order valence-corrected chi connectivity index (χ2v) is 9.62. The van der Waals surface area contributed by atoms with E-state index in [1.807, 2.05) is 6.92 Å². The molecule has 0 N–H and O–H groups in total. The van der Waals surface area contributed by atoms with E-state index < -0.39 is 22.0 Å². The normalized spacial score (nSPS) is 17.3. The molecule has 3 rings (SSSR count). The summed E-state index contributed by atoms with van der Waals surface area (Å²) in [6, 6.07) is 5.38. The molecule has 2 heterocycles. The lowest BCUT2D eigenvalue weighted by molar-refractivity contribution is 0.0422. The van der Waals surface area contributed by atoms with E-state index >= 15 is 0 Å². The van der Waals surface area contributed by atoms with Crippen molar-refractivity contribution in [1.82, 2.24) is 4.31 Å². The van der Waals surface area contributed by atoms with Crippen molar-refractivity contribution in [2.75, 3.05) is 19.7 Å². The first kappa shape index (κ1) is 23.3. The Hall–Kier alpha value is -2.36. The first-order chi connectivity index (χ1) is 14.7. The van der Waals surface area contributed by atoms with Gasteiger partial charge in [-0.1, -0.05) is 18.5 Å². The third kappa shape index (κ3) is 5.28. The summed E-state index contributed by atoms with van der Waals surface area (Å²) in [5.41, 5.74) is 0.186. The predicted molar refractivity (Wildman–Crippen MR) is 112 cm³/mol. The maximum atomic E-state index is 13.1. The van der Waals surface area contributed by atoms with Crippen molar-refractivity contribution in [3.05, 3.63) is 52.4 Å². The fraction of sp³-hybridized carbons (Fsp3) is 0.429. The fourth-order valence-corrected chi connectivity index (χ4v) is 5.49. The Morgan fingerprint density at radius 1 is 1.23 bits per heavy atom. The second-order valence-electron chi connectivity index (χ2n) is 7.31. The molecule has 1 fully saturated rings. The molecule has 1 saturated heterocycles. The van der Waals surface area contributed by atoms with Crippen molar-refractivity contribution in [3.63, 3.8) is 0 Å². The molecule has 0 aliphatic carbocycles. The van der Waals surface area contributed by atoms with Gasteiger partial charge in [0, 0.05) is 13.1 Å². The molecule has 1 aromatic carbocycles. The summed E-state index contributed by atoms with van der Waals surface area (Å²) in [4.78, 5) is 24.3. The minimum absolute atomic E-state index is 0.0253. The van der Waals surface area contributed by atoms with Crippen LogP contribution in [0.5, 0.6) is 0 Å².